The number of hydrogen-bond acceptors (Lipinski definition) is 4. The highest BCUT2D eigenvalue weighted by atomic mass is 79.9. The molecule has 2 aromatic rings. The molecule has 0 radical (unpaired) electrons. The van der Waals surface area contributed by atoms with E-state index in [-0.39, 0.29) is 19.8 Å². The average Bonchev–Trinajstić information content (AvgIpc) is 2.81. The third-order valence-electron chi connectivity index (χ3n) is 3.21. The fourth-order valence-corrected chi connectivity index (χ4v) is 3.71. The Morgan fingerprint density at radius 2 is 1.91 bits per heavy atom. The van der Waals surface area contributed by atoms with Gasteiger partial charge in [0.25, 0.3) is 0 Å². The topological polar surface area (TPSA) is 82.6 Å². The molecule has 0 bridgehead atoms. The summed E-state index contributed by atoms with van der Waals surface area (Å²) in [6.45, 7) is 1.72. The SMILES string of the molecule is CCOC(=O)c1[nH]c(Br)c(-c2ccc(CO)c(CO)c2)c1Br. The fraction of sp³-hybridized carbons (Fsp3) is 0.267. The van der Waals surface area contributed by atoms with E-state index in [1.807, 2.05) is 6.07 Å². The van der Waals surface area contributed by atoms with Gasteiger partial charge in [-0.2, -0.15) is 0 Å². The normalized spacial score (nSPS) is 10.8. The Morgan fingerprint density at radius 3 is 2.50 bits per heavy atom. The fourth-order valence-electron chi connectivity index (χ4n) is 2.13. The van der Waals surface area contributed by atoms with E-state index in [0.717, 1.165) is 11.1 Å². The minimum atomic E-state index is -0.448. The summed E-state index contributed by atoms with van der Waals surface area (Å²) in [4.78, 5) is 14.9. The maximum absolute atomic E-state index is 11.9. The van der Waals surface area contributed by atoms with Gasteiger partial charge in [-0.1, -0.05) is 12.1 Å². The summed E-state index contributed by atoms with van der Waals surface area (Å²) in [7, 11) is 0. The van der Waals surface area contributed by atoms with Crippen LogP contribution in [-0.4, -0.2) is 27.8 Å². The highest BCUT2D eigenvalue weighted by Gasteiger charge is 2.22. The van der Waals surface area contributed by atoms with Gasteiger partial charge in [-0.3, -0.25) is 0 Å². The lowest BCUT2D eigenvalue weighted by Crippen LogP contribution is -2.05. The second-order valence-electron chi connectivity index (χ2n) is 4.52. The third kappa shape index (κ3) is 3.27. The van der Waals surface area contributed by atoms with Gasteiger partial charge < -0.3 is 19.9 Å². The first-order chi connectivity index (χ1) is 10.5. The van der Waals surface area contributed by atoms with Crippen molar-refractivity contribution >= 4 is 37.8 Å². The van der Waals surface area contributed by atoms with Crippen molar-refractivity contribution in [2.45, 2.75) is 20.1 Å². The molecular formula is C15H15Br2NO4. The van der Waals surface area contributed by atoms with Crippen molar-refractivity contribution in [2.24, 2.45) is 0 Å². The van der Waals surface area contributed by atoms with E-state index in [2.05, 4.69) is 36.8 Å². The molecule has 0 aliphatic rings. The van der Waals surface area contributed by atoms with E-state index in [0.29, 0.717) is 25.9 Å². The molecule has 0 saturated carbocycles. The van der Waals surface area contributed by atoms with Gasteiger partial charge in [0.05, 0.1) is 28.9 Å². The van der Waals surface area contributed by atoms with Crippen LogP contribution in [0.1, 0.15) is 28.5 Å². The van der Waals surface area contributed by atoms with Crippen LogP contribution in [-0.2, 0) is 18.0 Å². The maximum atomic E-state index is 11.9. The summed E-state index contributed by atoms with van der Waals surface area (Å²) in [6.07, 6.45) is 0. The standard InChI is InChI=1S/C15H15Br2NO4/c1-2-22-15(21)13-12(16)11(14(17)18-13)8-3-4-9(6-19)10(5-8)7-20/h3-5,18-20H,2,6-7H2,1H3. The van der Waals surface area contributed by atoms with Gasteiger partial charge in [-0.05, 0) is 61.5 Å². The van der Waals surface area contributed by atoms with Gasteiger partial charge in [0, 0.05) is 5.56 Å². The van der Waals surface area contributed by atoms with Crippen molar-refractivity contribution in [1.29, 1.82) is 0 Å². The number of esters is 1. The van der Waals surface area contributed by atoms with Gasteiger partial charge in [0.1, 0.15) is 5.69 Å². The highest BCUT2D eigenvalue weighted by Crippen LogP contribution is 2.38. The minimum Gasteiger partial charge on any atom is -0.461 e. The molecule has 0 fully saturated rings. The predicted molar refractivity (Wildman–Crippen MR) is 89.4 cm³/mol. The number of nitrogens with one attached hydrogen (secondary N) is 1. The third-order valence-corrected chi connectivity index (χ3v) is 4.60. The number of hydrogen-bond donors (Lipinski definition) is 3. The summed E-state index contributed by atoms with van der Waals surface area (Å²) in [5.41, 5.74) is 3.17. The van der Waals surface area contributed by atoms with Crippen molar-refractivity contribution in [3.63, 3.8) is 0 Å². The molecular weight excluding hydrogens is 418 g/mol. The summed E-state index contributed by atoms with van der Waals surface area (Å²) in [5, 5.41) is 18.7. The Hall–Kier alpha value is -1.15. The highest BCUT2D eigenvalue weighted by molar-refractivity contribution is 9.11. The molecule has 118 valence electrons. The van der Waals surface area contributed by atoms with Crippen molar-refractivity contribution in [3.05, 3.63) is 44.1 Å². The smallest absolute Gasteiger partial charge is 0.355 e. The van der Waals surface area contributed by atoms with Gasteiger partial charge in [-0.25, -0.2) is 4.79 Å². The van der Waals surface area contributed by atoms with Crippen molar-refractivity contribution in [1.82, 2.24) is 4.98 Å². The number of halogens is 2. The molecule has 0 saturated heterocycles. The Bertz CT molecular complexity index is 697. The van der Waals surface area contributed by atoms with Crippen molar-refractivity contribution in [2.75, 3.05) is 6.61 Å². The first-order valence-corrected chi connectivity index (χ1v) is 8.20. The number of benzene rings is 1. The van der Waals surface area contributed by atoms with E-state index in [1.54, 1.807) is 19.1 Å². The van der Waals surface area contributed by atoms with Crippen molar-refractivity contribution < 1.29 is 19.7 Å². The first kappa shape index (κ1) is 17.2. The number of carbonyl (C=O) groups is 1. The van der Waals surface area contributed by atoms with E-state index >= 15 is 0 Å². The number of aliphatic hydroxyl groups is 2. The molecule has 0 aliphatic heterocycles. The lowest BCUT2D eigenvalue weighted by molar-refractivity contribution is 0.0519. The Kier molecular flexibility index (Phi) is 5.80. The van der Waals surface area contributed by atoms with Crippen molar-refractivity contribution in [3.8, 4) is 11.1 Å². The first-order valence-electron chi connectivity index (χ1n) is 6.61. The molecule has 22 heavy (non-hydrogen) atoms. The number of rotatable bonds is 5. The predicted octanol–water partition coefficient (Wildman–Crippen LogP) is 3.37. The molecule has 0 unspecified atom stereocenters. The van der Waals surface area contributed by atoms with Gasteiger partial charge in [-0.15, -0.1) is 0 Å². The van der Waals surface area contributed by atoms with Crippen LogP contribution in [0.2, 0.25) is 0 Å². The Balaban J connectivity index is 2.51. The lowest BCUT2D eigenvalue weighted by atomic mass is 10.0. The number of aromatic nitrogens is 1. The number of ether oxygens (including phenoxy) is 1. The lowest BCUT2D eigenvalue weighted by Gasteiger charge is -2.08. The molecule has 0 atom stereocenters. The van der Waals surface area contributed by atoms with Crippen LogP contribution >= 0.6 is 31.9 Å². The van der Waals surface area contributed by atoms with E-state index in [1.165, 1.54) is 0 Å². The van der Waals surface area contributed by atoms with E-state index in [9.17, 15) is 15.0 Å². The molecule has 0 aliphatic carbocycles. The van der Waals surface area contributed by atoms with Gasteiger partial charge in [0.15, 0.2) is 0 Å². The molecule has 0 amide bonds. The van der Waals surface area contributed by atoms with Crippen LogP contribution in [0.25, 0.3) is 11.1 Å². The zero-order valence-corrected chi connectivity index (χ0v) is 15.0. The van der Waals surface area contributed by atoms with E-state index < -0.39 is 5.97 Å². The van der Waals surface area contributed by atoms with Crippen LogP contribution < -0.4 is 0 Å². The average molecular weight is 433 g/mol. The number of aliphatic hydroxyl groups excluding tert-OH is 2. The second kappa shape index (κ2) is 7.41. The van der Waals surface area contributed by atoms with Crippen LogP contribution in [0.3, 0.4) is 0 Å². The van der Waals surface area contributed by atoms with Crippen LogP contribution in [0.5, 0.6) is 0 Å². The van der Waals surface area contributed by atoms with Crippen LogP contribution in [0, 0.1) is 0 Å². The molecule has 3 N–H and O–H groups in total. The molecule has 5 nitrogen and oxygen atoms in total. The molecule has 0 spiro atoms. The van der Waals surface area contributed by atoms with Crippen LogP contribution in [0.15, 0.2) is 27.3 Å². The monoisotopic (exact) mass is 431 g/mol. The number of carbonyl (C=O) groups excluding carboxylic acids is 1. The minimum absolute atomic E-state index is 0.139. The number of aromatic amines is 1. The zero-order valence-electron chi connectivity index (χ0n) is 11.8. The molecule has 1 aromatic carbocycles. The summed E-state index contributed by atoms with van der Waals surface area (Å²) < 4.78 is 6.21. The molecule has 1 heterocycles. The summed E-state index contributed by atoms with van der Waals surface area (Å²) in [5.74, 6) is -0.448. The quantitative estimate of drug-likeness (QED) is 0.632. The number of H-pyrrole nitrogens is 1. The van der Waals surface area contributed by atoms with Crippen LogP contribution in [0.4, 0.5) is 0 Å². The second-order valence-corrected chi connectivity index (χ2v) is 6.11. The Labute approximate surface area is 144 Å². The van der Waals surface area contributed by atoms with Gasteiger partial charge >= 0.3 is 5.97 Å². The molecule has 1 aromatic heterocycles. The maximum Gasteiger partial charge on any atom is 0.355 e. The molecule has 2 rings (SSSR count). The van der Waals surface area contributed by atoms with Gasteiger partial charge in [0.2, 0.25) is 0 Å². The largest absolute Gasteiger partial charge is 0.461 e. The summed E-state index contributed by atoms with van der Waals surface area (Å²) >= 11 is 6.82. The van der Waals surface area contributed by atoms with E-state index in [4.69, 9.17) is 4.74 Å². The zero-order chi connectivity index (χ0) is 16.3. The summed E-state index contributed by atoms with van der Waals surface area (Å²) in [6, 6.07) is 5.34. The Morgan fingerprint density at radius 1 is 1.23 bits per heavy atom. The molecule has 7 heteroatoms.